The number of hydrogen-bond acceptors (Lipinski definition) is 2. The Morgan fingerprint density at radius 1 is 1.45 bits per heavy atom. The topological polar surface area (TPSA) is 29.5 Å². The van der Waals surface area contributed by atoms with Gasteiger partial charge in [-0.3, -0.25) is 4.79 Å². The van der Waals surface area contributed by atoms with Gasteiger partial charge in [0.05, 0.1) is 5.69 Å². The van der Waals surface area contributed by atoms with Gasteiger partial charge in [-0.15, -0.1) is 24.8 Å². The minimum atomic E-state index is -4.74. The fraction of sp³-hybridized carbons (Fsp3) is 0.417. The molecular weight excluding hydrogens is 362 g/mol. The molecule has 0 aromatic heterocycles. The third-order valence-corrected chi connectivity index (χ3v) is 3.94. The number of hydrogen-bond donors (Lipinski definition) is 0. The largest absolute Gasteiger partial charge is 0.573 e. The van der Waals surface area contributed by atoms with Crippen molar-refractivity contribution < 1.29 is 22.7 Å². The van der Waals surface area contributed by atoms with Crippen molar-refractivity contribution in [3.8, 4) is 5.75 Å². The maximum atomic E-state index is 12.1. The summed E-state index contributed by atoms with van der Waals surface area (Å²) in [6.07, 6.45) is -4.40. The van der Waals surface area contributed by atoms with Gasteiger partial charge in [0.15, 0.2) is 0 Å². The molecule has 1 saturated heterocycles. The van der Waals surface area contributed by atoms with Gasteiger partial charge in [0, 0.05) is 23.3 Å². The van der Waals surface area contributed by atoms with E-state index < -0.39 is 6.36 Å². The lowest BCUT2D eigenvalue weighted by Crippen LogP contribution is -2.25. The number of ether oxygens (including phenoxy) is 1. The van der Waals surface area contributed by atoms with E-state index in [1.807, 2.05) is 0 Å². The quantitative estimate of drug-likeness (QED) is 0.752. The van der Waals surface area contributed by atoms with Crippen molar-refractivity contribution in [1.82, 2.24) is 0 Å². The van der Waals surface area contributed by atoms with Crippen molar-refractivity contribution in [3.63, 3.8) is 0 Å². The van der Waals surface area contributed by atoms with Crippen molar-refractivity contribution in [1.29, 1.82) is 0 Å². The highest BCUT2D eigenvalue weighted by molar-refractivity contribution is 9.10. The lowest BCUT2D eigenvalue weighted by molar-refractivity contribution is -0.274. The third-order valence-electron chi connectivity index (χ3n) is 2.87. The summed E-state index contributed by atoms with van der Waals surface area (Å²) in [7, 11) is 0. The Balaban J connectivity index is 2.20. The predicted octanol–water partition coefficient (Wildman–Crippen LogP) is 3.94. The summed E-state index contributed by atoms with van der Waals surface area (Å²) in [5.41, 5.74) is 0.511. The Bertz CT molecular complexity index is 524. The minimum Gasteiger partial charge on any atom is -0.406 e. The monoisotopic (exact) mass is 371 g/mol. The molecule has 1 aliphatic heterocycles. The zero-order valence-corrected chi connectivity index (χ0v) is 12.4. The second-order valence-corrected chi connectivity index (χ2v) is 5.55. The Morgan fingerprint density at radius 2 is 2.15 bits per heavy atom. The van der Waals surface area contributed by atoms with Gasteiger partial charge in [0.25, 0.3) is 0 Å². The molecule has 1 heterocycles. The fourth-order valence-corrected chi connectivity index (χ4v) is 2.80. The van der Waals surface area contributed by atoms with Gasteiger partial charge in [0.1, 0.15) is 5.75 Å². The van der Waals surface area contributed by atoms with Crippen LogP contribution in [-0.4, -0.2) is 24.7 Å². The first-order valence-electron chi connectivity index (χ1n) is 5.72. The second-order valence-electron chi connectivity index (χ2n) is 4.39. The number of carbonyl (C=O) groups excluding carboxylic acids is 1. The number of nitrogens with zero attached hydrogens (tertiary/aromatic N) is 1. The number of alkyl halides is 4. The Kier molecular flexibility index (Phi) is 4.49. The lowest BCUT2D eigenvalue weighted by Gasteiger charge is -2.19. The van der Waals surface area contributed by atoms with E-state index in [1.165, 1.54) is 23.1 Å². The first-order valence-corrected chi connectivity index (χ1v) is 7.04. The lowest BCUT2D eigenvalue weighted by atomic mass is 10.1. The molecule has 0 spiro atoms. The Labute approximate surface area is 126 Å². The minimum absolute atomic E-state index is 0.0576. The highest BCUT2D eigenvalue weighted by Crippen LogP contribution is 2.35. The van der Waals surface area contributed by atoms with E-state index in [-0.39, 0.29) is 17.6 Å². The zero-order valence-electron chi connectivity index (χ0n) is 10.1. The van der Waals surface area contributed by atoms with Gasteiger partial charge in [-0.1, -0.05) is 0 Å². The Morgan fingerprint density at radius 3 is 2.65 bits per heavy atom. The van der Waals surface area contributed by atoms with Gasteiger partial charge >= 0.3 is 6.36 Å². The maximum absolute atomic E-state index is 12.1. The summed E-state index contributed by atoms with van der Waals surface area (Å²) < 4.78 is 40.5. The van der Waals surface area contributed by atoms with Crippen molar-refractivity contribution in [2.45, 2.75) is 12.8 Å². The van der Waals surface area contributed by atoms with Crippen LogP contribution in [0.5, 0.6) is 5.75 Å². The molecule has 0 N–H and O–H groups in total. The van der Waals surface area contributed by atoms with E-state index in [0.717, 1.165) is 0 Å². The van der Waals surface area contributed by atoms with Gasteiger partial charge < -0.3 is 9.64 Å². The van der Waals surface area contributed by atoms with E-state index >= 15 is 0 Å². The van der Waals surface area contributed by atoms with Crippen LogP contribution in [0, 0.1) is 5.92 Å². The van der Waals surface area contributed by atoms with Crippen LogP contribution in [0.15, 0.2) is 22.7 Å². The van der Waals surface area contributed by atoms with Crippen LogP contribution in [0.1, 0.15) is 6.42 Å². The zero-order chi connectivity index (χ0) is 14.9. The summed E-state index contributed by atoms with van der Waals surface area (Å²) in [5, 5.41) is 0. The molecule has 1 aromatic carbocycles. The van der Waals surface area contributed by atoms with E-state index in [0.29, 0.717) is 29.0 Å². The number of benzene rings is 1. The third kappa shape index (κ3) is 3.58. The van der Waals surface area contributed by atoms with Gasteiger partial charge in [-0.2, -0.15) is 0 Å². The number of carbonyl (C=O) groups is 1. The van der Waals surface area contributed by atoms with Crippen LogP contribution < -0.4 is 9.64 Å². The van der Waals surface area contributed by atoms with Crippen LogP contribution >= 0.6 is 27.5 Å². The second kappa shape index (κ2) is 5.81. The molecule has 0 aliphatic carbocycles. The molecule has 0 bridgehead atoms. The standard InChI is InChI=1S/C12H10BrClF3NO2/c13-9-4-8(20-12(15,16)17)1-2-10(9)18-6-7(5-14)3-11(18)19/h1-2,4,7H,3,5-6H2. The maximum Gasteiger partial charge on any atom is 0.573 e. The Hall–Kier alpha value is -0.950. The van der Waals surface area contributed by atoms with E-state index in [4.69, 9.17) is 11.6 Å². The smallest absolute Gasteiger partial charge is 0.406 e. The molecule has 1 aliphatic rings. The van der Waals surface area contributed by atoms with Crippen molar-refractivity contribution in [2.75, 3.05) is 17.3 Å². The van der Waals surface area contributed by atoms with E-state index in [2.05, 4.69) is 20.7 Å². The normalized spacial score (nSPS) is 19.6. The van der Waals surface area contributed by atoms with Gasteiger partial charge in [-0.05, 0) is 40.0 Å². The van der Waals surface area contributed by atoms with E-state index in [1.54, 1.807) is 0 Å². The average molecular weight is 373 g/mol. The molecule has 3 nitrogen and oxygen atoms in total. The molecule has 1 fully saturated rings. The number of rotatable bonds is 3. The van der Waals surface area contributed by atoms with Gasteiger partial charge in [-0.25, -0.2) is 0 Å². The first kappa shape index (κ1) is 15.4. The molecule has 1 amide bonds. The summed E-state index contributed by atoms with van der Waals surface area (Å²) in [6.45, 7) is 0.459. The van der Waals surface area contributed by atoms with Crippen LogP contribution in [-0.2, 0) is 4.79 Å². The van der Waals surface area contributed by atoms with Crippen LogP contribution in [0.3, 0.4) is 0 Å². The number of halogens is 5. The summed E-state index contributed by atoms with van der Waals surface area (Å²) in [5.74, 6) is -0.00792. The SMILES string of the molecule is O=C1CC(CCl)CN1c1ccc(OC(F)(F)F)cc1Br. The molecule has 1 aromatic rings. The van der Waals surface area contributed by atoms with Gasteiger partial charge in [0.2, 0.25) is 5.91 Å². The molecule has 1 unspecified atom stereocenters. The molecule has 1 atom stereocenters. The van der Waals surface area contributed by atoms with E-state index in [9.17, 15) is 18.0 Å². The summed E-state index contributed by atoms with van der Waals surface area (Å²) in [4.78, 5) is 13.4. The van der Waals surface area contributed by atoms with Crippen molar-refractivity contribution in [3.05, 3.63) is 22.7 Å². The molecule has 0 radical (unpaired) electrons. The van der Waals surface area contributed by atoms with Crippen LogP contribution in [0.4, 0.5) is 18.9 Å². The van der Waals surface area contributed by atoms with Crippen molar-refractivity contribution in [2.24, 2.45) is 5.92 Å². The molecular formula is C12H10BrClF3NO2. The molecule has 2 rings (SSSR count). The number of amides is 1. The summed E-state index contributed by atoms with van der Waals surface area (Å²) >= 11 is 8.89. The molecule has 8 heteroatoms. The molecule has 0 saturated carbocycles. The molecule has 20 heavy (non-hydrogen) atoms. The molecule has 110 valence electrons. The van der Waals surface area contributed by atoms with Crippen molar-refractivity contribution >= 4 is 39.1 Å². The van der Waals surface area contributed by atoms with Crippen LogP contribution in [0.2, 0.25) is 0 Å². The predicted molar refractivity (Wildman–Crippen MR) is 72.0 cm³/mol. The van der Waals surface area contributed by atoms with Crippen LogP contribution in [0.25, 0.3) is 0 Å². The average Bonchev–Trinajstić information content (AvgIpc) is 2.69. The fourth-order valence-electron chi connectivity index (χ4n) is 2.02. The highest BCUT2D eigenvalue weighted by atomic mass is 79.9. The highest BCUT2D eigenvalue weighted by Gasteiger charge is 2.33. The summed E-state index contributed by atoms with van der Waals surface area (Å²) in [6, 6.07) is 3.78. The first-order chi connectivity index (χ1) is 9.30. The number of anilines is 1.